The zero-order valence-corrected chi connectivity index (χ0v) is 13.5. The number of methoxy groups -OCH3 is 2. The van der Waals surface area contributed by atoms with Crippen LogP contribution in [0.2, 0.25) is 0 Å². The first-order valence-electron chi connectivity index (χ1n) is 6.96. The van der Waals surface area contributed by atoms with Crippen molar-refractivity contribution in [2.24, 2.45) is 0 Å². The lowest BCUT2D eigenvalue weighted by atomic mass is 9.99. The zero-order valence-electron chi connectivity index (χ0n) is 13.5. The van der Waals surface area contributed by atoms with Gasteiger partial charge in [0.15, 0.2) is 16.9 Å². The van der Waals surface area contributed by atoms with E-state index in [1.165, 1.54) is 6.07 Å². The lowest BCUT2D eigenvalue weighted by Gasteiger charge is -2.20. The molecule has 0 saturated heterocycles. The van der Waals surface area contributed by atoms with Gasteiger partial charge in [0, 0.05) is 35.3 Å². The molecule has 0 spiro atoms. The molecular weight excluding hydrogens is 282 g/mol. The topological polar surface area (TPSA) is 60.7 Å². The van der Waals surface area contributed by atoms with Crippen LogP contribution in [-0.2, 0) is 5.60 Å². The molecule has 22 heavy (non-hydrogen) atoms. The van der Waals surface area contributed by atoms with Crippen molar-refractivity contribution < 1.29 is 14.6 Å². The molecule has 0 saturated carbocycles. The van der Waals surface area contributed by atoms with Gasteiger partial charge in [0.25, 0.3) is 0 Å². The Hall–Kier alpha value is -2.27. The van der Waals surface area contributed by atoms with Gasteiger partial charge in [0.2, 0.25) is 0 Å². The molecule has 1 heterocycles. The molecule has 0 aliphatic rings. The number of rotatable bonds is 4. The Morgan fingerprint density at radius 2 is 1.73 bits per heavy atom. The number of hydrogen-bond acceptors (Lipinski definition) is 4. The molecule has 2 rings (SSSR count). The van der Waals surface area contributed by atoms with Gasteiger partial charge in [-0.05, 0) is 32.9 Å². The standard InChI is InChI=1S/C17H21NO4/c1-11-8-14(19)13(17(2,3)20)10-18(11)12-6-7-15(21-4)16(9-12)22-5/h6-10,20H,1-5H3. The molecule has 0 amide bonds. The van der Waals surface area contributed by atoms with Crippen LogP contribution in [0.3, 0.4) is 0 Å². The number of hydrogen-bond donors (Lipinski definition) is 1. The molecule has 2 aromatic rings. The van der Waals surface area contributed by atoms with Gasteiger partial charge in [0.1, 0.15) is 0 Å². The molecule has 1 N–H and O–H groups in total. The molecular formula is C17H21NO4. The fourth-order valence-electron chi connectivity index (χ4n) is 2.34. The van der Waals surface area contributed by atoms with E-state index in [1.807, 2.05) is 23.6 Å². The third kappa shape index (κ3) is 2.99. The van der Waals surface area contributed by atoms with Gasteiger partial charge in [-0.15, -0.1) is 0 Å². The predicted octanol–water partition coefficient (Wildman–Crippen LogP) is 2.39. The number of pyridine rings is 1. The Bertz CT molecular complexity index is 741. The molecule has 0 aliphatic carbocycles. The zero-order chi connectivity index (χ0) is 16.5. The molecule has 5 heteroatoms. The van der Waals surface area contributed by atoms with Crippen molar-refractivity contribution in [3.05, 3.63) is 51.9 Å². The third-order valence-corrected chi connectivity index (χ3v) is 3.55. The van der Waals surface area contributed by atoms with Gasteiger partial charge >= 0.3 is 0 Å². The van der Waals surface area contributed by atoms with Crippen molar-refractivity contribution in [3.63, 3.8) is 0 Å². The van der Waals surface area contributed by atoms with Gasteiger partial charge in [-0.1, -0.05) is 0 Å². The second-order valence-electron chi connectivity index (χ2n) is 5.66. The molecule has 0 fully saturated rings. The van der Waals surface area contributed by atoms with Crippen LogP contribution < -0.4 is 14.9 Å². The summed E-state index contributed by atoms with van der Waals surface area (Å²) >= 11 is 0. The highest BCUT2D eigenvalue weighted by Crippen LogP contribution is 2.30. The normalized spacial score (nSPS) is 11.4. The molecule has 0 radical (unpaired) electrons. The van der Waals surface area contributed by atoms with Gasteiger partial charge < -0.3 is 19.1 Å². The van der Waals surface area contributed by atoms with E-state index in [0.717, 1.165) is 11.4 Å². The van der Waals surface area contributed by atoms with E-state index >= 15 is 0 Å². The molecule has 1 aromatic carbocycles. The maximum absolute atomic E-state index is 12.1. The van der Waals surface area contributed by atoms with E-state index in [9.17, 15) is 9.90 Å². The number of aliphatic hydroxyl groups is 1. The van der Waals surface area contributed by atoms with Crippen LogP contribution in [-0.4, -0.2) is 23.9 Å². The third-order valence-electron chi connectivity index (χ3n) is 3.55. The molecule has 0 aliphatic heterocycles. The summed E-state index contributed by atoms with van der Waals surface area (Å²) in [6.07, 6.45) is 1.67. The molecule has 5 nitrogen and oxygen atoms in total. The van der Waals surface area contributed by atoms with Crippen molar-refractivity contribution in [1.29, 1.82) is 0 Å². The van der Waals surface area contributed by atoms with E-state index in [0.29, 0.717) is 17.1 Å². The van der Waals surface area contributed by atoms with E-state index in [4.69, 9.17) is 9.47 Å². The van der Waals surface area contributed by atoms with Crippen molar-refractivity contribution in [3.8, 4) is 17.2 Å². The Morgan fingerprint density at radius 1 is 1.09 bits per heavy atom. The molecule has 0 bridgehead atoms. The van der Waals surface area contributed by atoms with E-state index < -0.39 is 5.60 Å². The number of nitrogens with zero attached hydrogens (tertiary/aromatic N) is 1. The average Bonchev–Trinajstić information content (AvgIpc) is 2.45. The first kappa shape index (κ1) is 16.1. The highest BCUT2D eigenvalue weighted by Gasteiger charge is 2.21. The number of aryl methyl sites for hydroxylation is 1. The van der Waals surface area contributed by atoms with Crippen LogP contribution in [0.1, 0.15) is 25.1 Å². The van der Waals surface area contributed by atoms with E-state index in [1.54, 1.807) is 40.3 Å². The summed E-state index contributed by atoms with van der Waals surface area (Å²) in [4.78, 5) is 12.1. The molecule has 0 unspecified atom stereocenters. The lowest BCUT2D eigenvalue weighted by molar-refractivity contribution is 0.0769. The monoisotopic (exact) mass is 303 g/mol. The van der Waals surface area contributed by atoms with Crippen molar-refractivity contribution in [2.75, 3.05) is 14.2 Å². The van der Waals surface area contributed by atoms with Crippen LogP contribution >= 0.6 is 0 Å². The second kappa shape index (κ2) is 5.85. The molecule has 0 atom stereocenters. The van der Waals surface area contributed by atoms with Gasteiger partial charge in [-0.3, -0.25) is 4.79 Å². The molecule has 118 valence electrons. The Kier molecular flexibility index (Phi) is 4.28. The molecule has 1 aromatic heterocycles. The van der Waals surface area contributed by atoms with Crippen LogP contribution in [0.25, 0.3) is 5.69 Å². The minimum Gasteiger partial charge on any atom is -0.493 e. The fourth-order valence-corrected chi connectivity index (χ4v) is 2.34. The van der Waals surface area contributed by atoms with Crippen LogP contribution in [0.4, 0.5) is 0 Å². The maximum atomic E-state index is 12.1. The number of ether oxygens (including phenoxy) is 2. The smallest absolute Gasteiger partial charge is 0.187 e. The van der Waals surface area contributed by atoms with Crippen molar-refractivity contribution >= 4 is 0 Å². The van der Waals surface area contributed by atoms with Gasteiger partial charge in [0.05, 0.1) is 19.8 Å². The highest BCUT2D eigenvalue weighted by molar-refractivity contribution is 5.49. The summed E-state index contributed by atoms with van der Waals surface area (Å²) in [6, 6.07) is 7.01. The van der Waals surface area contributed by atoms with Crippen LogP contribution in [0, 0.1) is 6.92 Å². The first-order chi connectivity index (χ1) is 10.3. The van der Waals surface area contributed by atoms with Crippen molar-refractivity contribution in [2.45, 2.75) is 26.4 Å². The maximum Gasteiger partial charge on any atom is 0.187 e. The Labute approximate surface area is 129 Å². The second-order valence-corrected chi connectivity index (χ2v) is 5.66. The van der Waals surface area contributed by atoms with Crippen LogP contribution in [0.5, 0.6) is 11.5 Å². The summed E-state index contributed by atoms with van der Waals surface area (Å²) in [5.41, 5.74) is 0.545. The fraction of sp³-hybridized carbons (Fsp3) is 0.353. The minimum atomic E-state index is -1.21. The SMILES string of the molecule is COc1ccc(-n2cc(C(C)(C)O)c(=O)cc2C)cc1OC. The van der Waals surface area contributed by atoms with E-state index in [2.05, 4.69) is 0 Å². The predicted molar refractivity (Wildman–Crippen MR) is 85.1 cm³/mol. The first-order valence-corrected chi connectivity index (χ1v) is 6.96. The summed E-state index contributed by atoms with van der Waals surface area (Å²) in [6.45, 7) is 5.03. The quantitative estimate of drug-likeness (QED) is 0.942. The Balaban J connectivity index is 2.65. The number of aromatic nitrogens is 1. The van der Waals surface area contributed by atoms with E-state index in [-0.39, 0.29) is 5.43 Å². The summed E-state index contributed by atoms with van der Waals surface area (Å²) in [5, 5.41) is 10.2. The Morgan fingerprint density at radius 3 is 2.27 bits per heavy atom. The summed E-state index contributed by atoms with van der Waals surface area (Å²) < 4.78 is 12.4. The minimum absolute atomic E-state index is 0.179. The lowest BCUT2D eigenvalue weighted by Crippen LogP contribution is -2.27. The summed E-state index contributed by atoms with van der Waals surface area (Å²) in [5.74, 6) is 1.23. The summed E-state index contributed by atoms with van der Waals surface area (Å²) in [7, 11) is 3.15. The van der Waals surface area contributed by atoms with Crippen molar-refractivity contribution in [1.82, 2.24) is 4.57 Å². The van der Waals surface area contributed by atoms with Gasteiger partial charge in [-0.2, -0.15) is 0 Å². The highest BCUT2D eigenvalue weighted by atomic mass is 16.5. The average molecular weight is 303 g/mol. The number of benzene rings is 1. The van der Waals surface area contributed by atoms with Gasteiger partial charge in [-0.25, -0.2) is 0 Å². The van der Waals surface area contributed by atoms with Crippen LogP contribution in [0.15, 0.2) is 35.3 Å². The largest absolute Gasteiger partial charge is 0.493 e.